The van der Waals surface area contributed by atoms with Crippen molar-refractivity contribution in [2.75, 3.05) is 0 Å². The van der Waals surface area contributed by atoms with Gasteiger partial charge in [-0.05, 0) is 36.8 Å². The lowest BCUT2D eigenvalue weighted by molar-refractivity contribution is -0.149. The van der Waals surface area contributed by atoms with Gasteiger partial charge in [-0.2, -0.15) is 5.26 Å². The fraction of sp³-hybridized carbons (Fsp3) is 0.158. The summed E-state index contributed by atoms with van der Waals surface area (Å²) >= 11 is 11.8. The summed E-state index contributed by atoms with van der Waals surface area (Å²) in [6, 6.07) is 10.1. The van der Waals surface area contributed by atoms with Crippen LogP contribution in [-0.2, 0) is 16.1 Å². The van der Waals surface area contributed by atoms with Gasteiger partial charge in [-0.25, -0.2) is 4.79 Å². The Morgan fingerprint density at radius 2 is 1.74 bits per heavy atom. The first-order valence-corrected chi connectivity index (χ1v) is 8.61. The number of carbonyl (C=O) groups excluding carboxylic acids is 3. The van der Waals surface area contributed by atoms with E-state index in [2.05, 4.69) is 0 Å². The maximum absolute atomic E-state index is 12.5. The van der Waals surface area contributed by atoms with Crippen LogP contribution in [0.15, 0.2) is 36.4 Å². The lowest BCUT2D eigenvalue weighted by Crippen LogP contribution is -2.43. The number of fused-ring (bicyclic) bond motifs is 1. The van der Waals surface area contributed by atoms with Gasteiger partial charge in [0.15, 0.2) is 0 Å². The van der Waals surface area contributed by atoms with Crippen molar-refractivity contribution in [3.05, 3.63) is 68.7 Å². The first kappa shape index (κ1) is 18.9. The Morgan fingerprint density at radius 1 is 1.15 bits per heavy atom. The fourth-order valence-corrected chi connectivity index (χ4v) is 3.04. The summed E-state index contributed by atoms with van der Waals surface area (Å²) in [6.07, 6.45) is 0. The molecule has 2 amide bonds. The zero-order chi connectivity index (χ0) is 19.7. The van der Waals surface area contributed by atoms with Gasteiger partial charge in [-0.3, -0.25) is 14.5 Å². The molecule has 1 heterocycles. The van der Waals surface area contributed by atoms with E-state index in [-0.39, 0.29) is 27.8 Å². The van der Waals surface area contributed by atoms with Crippen LogP contribution in [0.3, 0.4) is 0 Å². The predicted molar refractivity (Wildman–Crippen MR) is 97.4 cm³/mol. The van der Waals surface area contributed by atoms with Crippen LogP contribution in [0.1, 0.15) is 38.8 Å². The van der Waals surface area contributed by atoms with Gasteiger partial charge in [0.05, 0.1) is 32.8 Å². The van der Waals surface area contributed by atoms with Gasteiger partial charge in [0.25, 0.3) is 11.8 Å². The highest BCUT2D eigenvalue weighted by molar-refractivity contribution is 6.43. The molecule has 8 heteroatoms. The molecular weight excluding hydrogens is 391 g/mol. The third-order valence-corrected chi connectivity index (χ3v) is 4.85. The van der Waals surface area contributed by atoms with Crippen molar-refractivity contribution in [2.45, 2.75) is 19.6 Å². The minimum Gasteiger partial charge on any atom is -0.459 e. The number of hydrogen-bond acceptors (Lipinski definition) is 5. The lowest BCUT2D eigenvalue weighted by atomic mass is 10.1. The second-order valence-corrected chi connectivity index (χ2v) is 6.70. The molecule has 0 bridgehead atoms. The number of nitrogens with zero attached hydrogens (tertiary/aromatic N) is 2. The second kappa shape index (κ2) is 7.39. The molecule has 27 heavy (non-hydrogen) atoms. The Labute approximate surface area is 164 Å². The molecule has 0 N–H and O–H groups in total. The van der Waals surface area contributed by atoms with Gasteiger partial charge in [-0.15, -0.1) is 0 Å². The minimum absolute atomic E-state index is 0.0838. The summed E-state index contributed by atoms with van der Waals surface area (Å²) in [6.45, 7) is 1.32. The largest absolute Gasteiger partial charge is 0.459 e. The third kappa shape index (κ3) is 3.52. The van der Waals surface area contributed by atoms with Crippen LogP contribution < -0.4 is 0 Å². The van der Waals surface area contributed by atoms with E-state index in [1.165, 1.54) is 19.1 Å². The molecule has 0 saturated heterocycles. The van der Waals surface area contributed by atoms with Crippen molar-refractivity contribution < 1.29 is 19.1 Å². The molecule has 0 fully saturated rings. The van der Waals surface area contributed by atoms with Crippen LogP contribution in [0, 0.1) is 11.3 Å². The van der Waals surface area contributed by atoms with Crippen molar-refractivity contribution in [3.63, 3.8) is 0 Å². The van der Waals surface area contributed by atoms with Gasteiger partial charge in [0.1, 0.15) is 12.6 Å². The Kier molecular flexibility index (Phi) is 5.17. The number of amides is 2. The zero-order valence-corrected chi connectivity index (χ0v) is 15.5. The van der Waals surface area contributed by atoms with Crippen LogP contribution in [0.2, 0.25) is 10.0 Å². The molecule has 136 valence electrons. The van der Waals surface area contributed by atoms with Crippen LogP contribution in [0.4, 0.5) is 0 Å². The molecular formula is C19H12Cl2N2O4. The molecule has 2 aromatic rings. The first-order chi connectivity index (χ1) is 12.8. The highest BCUT2D eigenvalue weighted by atomic mass is 35.5. The van der Waals surface area contributed by atoms with Crippen LogP contribution in [0.25, 0.3) is 0 Å². The summed E-state index contributed by atoms with van der Waals surface area (Å²) < 4.78 is 5.20. The number of benzene rings is 2. The van der Waals surface area contributed by atoms with E-state index >= 15 is 0 Å². The summed E-state index contributed by atoms with van der Waals surface area (Å²) in [4.78, 5) is 38.2. The van der Waals surface area contributed by atoms with Crippen LogP contribution in [-0.4, -0.2) is 28.7 Å². The fourth-order valence-electron chi connectivity index (χ4n) is 2.72. The Morgan fingerprint density at radius 3 is 2.30 bits per heavy atom. The van der Waals surface area contributed by atoms with E-state index in [9.17, 15) is 14.4 Å². The quantitative estimate of drug-likeness (QED) is 0.575. The summed E-state index contributed by atoms with van der Waals surface area (Å²) in [5, 5.41) is 9.19. The van der Waals surface area contributed by atoms with Crippen molar-refractivity contribution in [1.82, 2.24) is 4.90 Å². The minimum atomic E-state index is -1.13. The standard InChI is InChI=1S/C19H12Cl2N2O4/c1-10(19(26)27-9-12-4-2-3-11(5-12)8-22)23-17(24)13-6-15(20)16(21)7-14(13)18(23)25/h2-7,10H,9H2,1H3/t10-/m0/s1. The maximum atomic E-state index is 12.5. The van der Waals surface area contributed by atoms with Gasteiger partial charge in [0, 0.05) is 0 Å². The average molecular weight is 403 g/mol. The normalized spacial score (nSPS) is 13.9. The molecule has 0 aliphatic carbocycles. The molecule has 3 rings (SSSR count). The van der Waals surface area contributed by atoms with Gasteiger partial charge in [0.2, 0.25) is 0 Å². The molecule has 6 nitrogen and oxygen atoms in total. The SMILES string of the molecule is C[C@@H](C(=O)OCc1cccc(C#N)c1)N1C(=O)c2cc(Cl)c(Cl)cc2C1=O. The number of nitriles is 1. The summed E-state index contributed by atoms with van der Waals surface area (Å²) in [5.74, 6) is -2.02. The Balaban J connectivity index is 1.74. The molecule has 2 aromatic carbocycles. The number of esters is 1. The molecule has 1 atom stereocenters. The molecule has 0 aromatic heterocycles. The molecule has 0 radical (unpaired) electrons. The Bertz CT molecular complexity index is 972. The molecule has 1 aliphatic heterocycles. The number of rotatable bonds is 4. The first-order valence-electron chi connectivity index (χ1n) is 7.86. The van der Waals surface area contributed by atoms with E-state index < -0.39 is 23.8 Å². The average Bonchev–Trinajstić information content (AvgIpc) is 2.90. The maximum Gasteiger partial charge on any atom is 0.329 e. The van der Waals surface area contributed by atoms with Crippen molar-refractivity contribution in [2.24, 2.45) is 0 Å². The predicted octanol–water partition coefficient (Wildman–Crippen LogP) is 3.59. The van der Waals surface area contributed by atoms with Crippen LogP contribution >= 0.6 is 23.2 Å². The van der Waals surface area contributed by atoms with Gasteiger partial charge < -0.3 is 4.74 Å². The molecule has 1 aliphatic rings. The second-order valence-electron chi connectivity index (χ2n) is 5.89. The van der Waals surface area contributed by atoms with E-state index in [1.54, 1.807) is 24.3 Å². The zero-order valence-electron chi connectivity index (χ0n) is 14.0. The van der Waals surface area contributed by atoms with Crippen molar-refractivity contribution in [1.29, 1.82) is 5.26 Å². The monoisotopic (exact) mass is 402 g/mol. The third-order valence-electron chi connectivity index (χ3n) is 4.12. The number of imide groups is 1. The van der Waals surface area contributed by atoms with E-state index in [0.717, 1.165) is 4.90 Å². The van der Waals surface area contributed by atoms with Gasteiger partial charge >= 0.3 is 5.97 Å². The summed E-state index contributed by atoms with van der Waals surface area (Å²) in [5.41, 5.74) is 1.24. The number of halogens is 2. The number of carbonyl (C=O) groups is 3. The number of hydrogen-bond donors (Lipinski definition) is 0. The Hall–Kier alpha value is -2.88. The highest BCUT2D eigenvalue weighted by Gasteiger charge is 2.42. The van der Waals surface area contributed by atoms with Crippen molar-refractivity contribution >= 4 is 41.0 Å². The van der Waals surface area contributed by atoms with Crippen LogP contribution in [0.5, 0.6) is 0 Å². The topological polar surface area (TPSA) is 87.5 Å². The van der Waals surface area contributed by atoms with E-state index in [0.29, 0.717) is 11.1 Å². The van der Waals surface area contributed by atoms with Crippen molar-refractivity contribution in [3.8, 4) is 6.07 Å². The lowest BCUT2D eigenvalue weighted by Gasteiger charge is -2.20. The summed E-state index contributed by atoms with van der Waals surface area (Å²) in [7, 11) is 0. The number of ether oxygens (including phenoxy) is 1. The highest BCUT2D eigenvalue weighted by Crippen LogP contribution is 2.32. The van der Waals surface area contributed by atoms with E-state index in [1.807, 2.05) is 6.07 Å². The molecule has 0 unspecified atom stereocenters. The van der Waals surface area contributed by atoms with Gasteiger partial charge in [-0.1, -0.05) is 35.3 Å². The molecule has 0 spiro atoms. The molecule has 0 saturated carbocycles. The van der Waals surface area contributed by atoms with E-state index in [4.69, 9.17) is 33.2 Å². The smallest absolute Gasteiger partial charge is 0.329 e.